The average molecular weight is 385 g/mol. The van der Waals surface area contributed by atoms with Crippen LogP contribution in [0.25, 0.3) is 0 Å². The molecular weight excluding hydrogens is 355 g/mol. The molecule has 24 heavy (non-hydrogen) atoms. The molecule has 0 saturated heterocycles. The Labute approximate surface area is 149 Å². The Bertz CT molecular complexity index is 619. The molecule has 1 nitrogen and oxygen atoms in total. The van der Waals surface area contributed by atoms with E-state index in [4.69, 9.17) is 4.74 Å². The van der Waals surface area contributed by atoms with E-state index in [2.05, 4.69) is 61.2 Å². The zero-order valence-electron chi connectivity index (χ0n) is 15.1. The second kappa shape index (κ2) is 8.25. The normalized spacial score (nSPS) is 14.6. The molecule has 1 aliphatic heterocycles. The van der Waals surface area contributed by atoms with Crippen LogP contribution >= 0.6 is 0 Å². The first-order chi connectivity index (χ1) is 11.8. The van der Waals surface area contributed by atoms with Gasteiger partial charge in [0, 0.05) is 0 Å². The molecule has 0 aromatic heterocycles. The van der Waals surface area contributed by atoms with Crippen molar-refractivity contribution >= 4 is 22.3 Å². The first kappa shape index (κ1) is 17.6. The minimum atomic E-state index is -2.09. The molecule has 1 radical (unpaired) electrons. The predicted molar refractivity (Wildman–Crippen MR) is 107 cm³/mol. The molecule has 1 aliphatic rings. The van der Waals surface area contributed by atoms with Crippen molar-refractivity contribution < 1.29 is 4.74 Å². The molecule has 3 rings (SSSR count). The van der Waals surface area contributed by atoms with Gasteiger partial charge in [0.05, 0.1) is 0 Å². The van der Waals surface area contributed by atoms with E-state index in [1.54, 1.807) is 0 Å². The van der Waals surface area contributed by atoms with E-state index in [-0.39, 0.29) is 0 Å². The van der Waals surface area contributed by atoms with Crippen LogP contribution < -0.4 is 13.4 Å². The molecule has 0 atom stereocenters. The van der Waals surface area contributed by atoms with E-state index >= 15 is 0 Å². The molecule has 2 aromatic rings. The second-order valence-corrected chi connectivity index (χ2v) is 15.0. The Morgan fingerprint density at radius 1 is 0.708 bits per heavy atom. The predicted octanol–water partition coefficient (Wildman–Crippen LogP) is 5.74. The summed E-state index contributed by atoms with van der Waals surface area (Å²) in [6.45, 7) is 2.29. The maximum absolute atomic E-state index is 6.19. The van der Waals surface area contributed by atoms with E-state index in [0.29, 0.717) is 0 Å². The molecule has 0 aliphatic carbocycles. The maximum atomic E-state index is 6.19. The van der Waals surface area contributed by atoms with Crippen molar-refractivity contribution in [3.05, 3.63) is 48.5 Å². The monoisotopic (exact) mass is 385 g/mol. The first-order valence-corrected chi connectivity index (χ1v) is 14.6. The van der Waals surface area contributed by atoms with Crippen LogP contribution in [-0.4, -0.2) is 13.6 Å². The molecular formula is C22H30AsO. The summed E-state index contributed by atoms with van der Waals surface area (Å²) in [5.41, 5.74) is 2.56. The number of hydrogen-bond donors (Lipinski definition) is 0. The summed E-state index contributed by atoms with van der Waals surface area (Å²) < 4.78 is 9.22. The van der Waals surface area contributed by atoms with Gasteiger partial charge in [-0.05, 0) is 0 Å². The average Bonchev–Trinajstić information content (AvgIpc) is 2.61. The molecule has 0 saturated carbocycles. The first-order valence-electron chi connectivity index (χ1n) is 9.48. The van der Waals surface area contributed by atoms with Crippen molar-refractivity contribution in [3.8, 4) is 11.5 Å². The van der Waals surface area contributed by atoms with Crippen molar-refractivity contribution in [1.29, 1.82) is 0 Å². The van der Waals surface area contributed by atoms with Gasteiger partial charge in [-0.3, -0.25) is 0 Å². The van der Waals surface area contributed by atoms with Crippen LogP contribution in [0.3, 0.4) is 0 Å². The quantitative estimate of drug-likeness (QED) is 0.416. The summed E-state index contributed by atoms with van der Waals surface area (Å²) in [5.74, 6) is 2.21. The molecule has 1 heterocycles. The van der Waals surface area contributed by atoms with E-state index in [9.17, 15) is 0 Å². The van der Waals surface area contributed by atoms with Crippen molar-refractivity contribution in [2.75, 3.05) is 0 Å². The third-order valence-electron chi connectivity index (χ3n) is 5.22. The third-order valence-corrected chi connectivity index (χ3v) is 13.8. The number of hydrogen-bond acceptors (Lipinski definition) is 1. The SMILES string of the molecule is CCCCCCCCC[As]1(C)c2ccccc2Oc2ccccc21. The Morgan fingerprint density at radius 2 is 1.21 bits per heavy atom. The number of ether oxygens (including phenoxy) is 1. The molecule has 0 amide bonds. The van der Waals surface area contributed by atoms with Gasteiger partial charge in [0.1, 0.15) is 0 Å². The Hall–Kier alpha value is -1.20. The topological polar surface area (TPSA) is 9.23 Å². The van der Waals surface area contributed by atoms with Gasteiger partial charge in [-0.15, -0.1) is 0 Å². The molecule has 2 aromatic carbocycles. The van der Waals surface area contributed by atoms with Crippen LogP contribution in [0.1, 0.15) is 51.9 Å². The zero-order valence-corrected chi connectivity index (χ0v) is 17.0. The van der Waals surface area contributed by atoms with E-state index in [1.165, 1.54) is 58.9 Å². The number of benzene rings is 2. The van der Waals surface area contributed by atoms with Crippen molar-refractivity contribution in [2.24, 2.45) is 0 Å². The molecule has 0 N–H and O–H groups in total. The standard InChI is InChI=1S/C22H30AsO/c1-3-4-5-6-7-8-13-18-23(2)19-14-9-11-16-21(19)24-22-17-12-10-15-20(22)23/h9-12,14-17H,3-8,13,18H2,1-2H3. The molecule has 0 bridgehead atoms. The molecule has 2 heteroatoms. The zero-order chi connectivity index (χ0) is 16.8. The summed E-state index contributed by atoms with van der Waals surface area (Å²) in [6, 6.07) is 17.5. The fraction of sp³-hybridized carbons (Fsp3) is 0.455. The van der Waals surface area contributed by atoms with Gasteiger partial charge in [-0.25, -0.2) is 0 Å². The van der Waals surface area contributed by atoms with Crippen LogP contribution in [0.15, 0.2) is 48.5 Å². The van der Waals surface area contributed by atoms with Gasteiger partial charge in [-0.2, -0.15) is 0 Å². The molecule has 0 spiro atoms. The minimum absolute atomic E-state index is 1.11. The van der Waals surface area contributed by atoms with Crippen LogP contribution in [0.2, 0.25) is 10.9 Å². The van der Waals surface area contributed by atoms with Crippen LogP contribution in [0, 0.1) is 0 Å². The summed E-state index contributed by atoms with van der Waals surface area (Å²) >= 11 is -2.09. The van der Waals surface area contributed by atoms with Gasteiger partial charge < -0.3 is 0 Å². The molecule has 0 unspecified atom stereocenters. The third kappa shape index (κ3) is 3.72. The van der Waals surface area contributed by atoms with Crippen LogP contribution in [-0.2, 0) is 0 Å². The summed E-state index contributed by atoms with van der Waals surface area (Å²) in [5, 5.41) is 1.36. The van der Waals surface area contributed by atoms with Crippen molar-refractivity contribution in [3.63, 3.8) is 0 Å². The van der Waals surface area contributed by atoms with Gasteiger partial charge in [0.2, 0.25) is 0 Å². The van der Waals surface area contributed by atoms with Crippen molar-refractivity contribution in [2.45, 2.75) is 62.8 Å². The number of fused-ring (bicyclic) bond motifs is 2. The number of unbranched alkanes of at least 4 members (excludes halogenated alkanes) is 6. The van der Waals surface area contributed by atoms with Crippen molar-refractivity contribution in [1.82, 2.24) is 0 Å². The summed E-state index contributed by atoms with van der Waals surface area (Å²) in [6.07, 6.45) is 9.69. The van der Waals surface area contributed by atoms with Crippen LogP contribution in [0.5, 0.6) is 11.5 Å². The Kier molecular flexibility index (Phi) is 6.06. The summed E-state index contributed by atoms with van der Waals surface area (Å²) in [7, 11) is 0. The number of para-hydroxylation sites is 2. The Balaban J connectivity index is 1.71. The van der Waals surface area contributed by atoms with E-state index < -0.39 is 13.6 Å². The van der Waals surface area contributed by atoms with Gasteiger partial charge in [-0.1, -0.05) is 0 Å². The van der Waals surface area contributed by atoms with Crippen LogP contribution in [0.4, 0.5) is 0 Å². The van der Waals surface area contributed by atoms with E-state index in [0.717, 1.165) is 11.5 Å². The van der Waals surface area contributed by atoms with Gasteiger partial charge in [0.25, 0.3) is 0 Å². The number of rotatable bonds is 8. The second-order valence-electron chi connectivity index (χ2n) is 7.07. The molecule has 129 valence electrons. The summed E-state index contributed by atoms with van der Waals surface area (Å²) in [4.78, 5) is 0. The van der Waals surface area contributed by atoms with Gasteiger partial charge in [0.15, 0.2) is 0 Å². The van der Waals surface area contributed by atoms with E-state index in [1.807, 2.05) is 0 Å². The van der Waals surface area contributed by atoms with Gasteiger partial charge >= 0.3 is 150 Å². The Morgan fingerprint density at radius 3 is 1.79 bits per heavy atom. The fourth-order valence-corrected chi connectivity index (χ4v) is 11.4. The fourth-order valence-electron chi connectivity index (χ4n) is 3.78. The molecule has 0 fully saturated rings.